The molecule has 0 amide bonds. The van der Waals surface area contributed by atoms with Gasteiger partial charge in [0.1, 0.15) is 16.5 Å². The van der Waals surface area contributed by atoms with Crippen LogP contribution < -0.4 is 5.56 Å². The van der Waals surface area contributed by atoms with Gasteiger partial charge in [0.2, 0.25) is 0 Å². The summed E-state index contributed by atoms with van der Waals surface area (Å²) < 4.78 is 24.0. The molecule has 4 heterocycles. The third-order valence-electron chi connectivity index (χ3n) is 5.93. The Morgan fingerprint density at radius 1 is 1.21 bits per heavy atom. The second-order valence-electron chi connectivity index (χ2n) is 8.18. The zero-order valence-corrected chi connectivity index (χ0v) is 19.4. The lowest BCUT2D eigenvalue weighted by molar-refractivity contribution is 0.00455. The number of fused-ring (bicyclic) bond motifs is 1. The summed E-state index contributed by atoms with van der Waals surface area (Å²) in [5.74, 6) is -0.564. The van der Waals surface area contributed by atoms with Crippen LogP contribution in [0.4, 0.5) is 4.39 Å². The molecule has 170 valence electrons. The average molecular weight is 488 g/mol. The van der Waals surface area contributed by atoms with Crippen molar-refractivity contribution in [1.29, 1.82) is 0 Å². The second-order valence-corrected chi connectivity index (χ2v) is 8.99. The summed E-state index contributed by atoms with van der Waals surface area (Å²) in [5, 5.41) is 4.52. The number of ether oxygens (including phenoxy) is 1. The molecule has 0 spiro atoms. The number of aryl methyl sites for hydroxylation is 2. The van der Waals surface area contributed by atoms with Gasteiger partial charge in [-0.2, -0.15) is 5.10 Å². The molecule has 5 rings (SSSR count). The van der Waals surface area contributed by atoms with Crippen LogP contribution in [0.2, 0.25) is 10.0 Å². The minimum Gasteiger partial charge on any atom is -0.373 e. The summed E-state index contributed by atoms with van der Waals surface area (Å²) in [5.41, 5.74) is 2.27. The minimum atomic E-state index is -0.545. The summed E-state index contributed by atoms with van der Waals surface area (Å²) >= 11 is 12.2. The second kappa shape index (κ2) is 8.52. The van der Waals surface area contributed by atoms with Crippen LogP contribution in [0.5, 0.6) is 0 Å². The first-order chi connectivity index (χ1) is 15.8. The van der Waals surface area contributed by atoms with E-state index in [9.17, 15) is 9.18 Å². The van der Waals surface area contributed by atoms with E-state index < -0.39 is 11.4 Å². The van der Waals surface area contributed by atoms with Gasteiger partial charge in [-0.3, -0.25) is 13.9 Å². The Bertz CT molecular complexity index is 1430. The lowest BCUT2D eigenvalue weighted by Gasteiger charge is -2.29. The predicted octanol–water partition coefficient (Wildman–Crippen LogP) is 4.88. The van der Waals surface area contributed by atoms with E-state index in [1.54, 1.807) is 36.1 Å². The summed E-state index contributed by atoms with van der Waals surface area (Å²) in [4.78, 5) is 22.3. The SMILES string of the molecule is Cc1nc2c(-c3ccc(Cl)cc3F)nc(C3CCOC(c4cnn(C)c4)C3)cn2c(=O)c1Cl. The number of nitrogens with zero attached hydrogens (tertiary/aromatic N) is 5. The van der Waals surface area contributed by atoms with E-state index in [0.717, 1.165) is 5.56 Å². The monoisotopic (exact) mass is 487 g/mol. The van der Waals surface area contributed by atoms with Crippen molar-refractivity contribution in [2.24, 2.45) is 7.05 Å². The summed E-state index contributed by atoms with van der Waals surface area (Å²) in [7, 11) is 1.85. The fourth-order valence-electron chi connectivity index (χ4n) is 4.21. The highest BCUT2D eigenvalue weighted by Gasteiger charge is 2.28. The first-order valence-corrected chi connectivity index (χ1v) is 11.2. The topological polar surface area (TPSA) is 74.3 Å². The van der Waals surface area contributed by atoms with Crippen molar-refractivity contribution in [3.05, 3.63) is 80.0 Å². The Kier molecular flexibility index (Phi) is 5.68. The van der Waals surface area contributed by atoms with Gasteiger partial charge in [-0.15, -0.1) is 0 Å². The number of rotatable bonds is 3. The normalized spacial score (nSPS) is 18.7. The molecule has 2 unspecified atom stereocenters. The molecule has 1 fully saturated rings. The van der Waals surface area contributed by atoms with E-state index in [4.69, 9.17) is 32.9 Å². The number of benzene rings is 1. The molecule has 1 aliphatic heterocycles. The zero-order valence-electron chi connectivity index (χ0n) is 17.9. The summed E-state index contributed by atoms with van der Waals surface area (Å²) in [6, 6.07) is 4.34. The molecule has 1 aromatic carbocycles. The highest BCUT2D eigenvalue weighted by Crippen LogP contribution is 2.38. The minimum absolute atomic E-state index is 0.0190. The molecule has 1 aliphatic rings. The van der Waals surface area contributed by atoms with Crippen LogP contribution in [0.3, 0.4) is 0 Å². The largest absolute Gasteiger partial charge is 0.373 e. The standard InChI is InChI=1S/C23H20Cl2FN5O2/c1-12-20(25)23(32)31-11-18(13-5-6-33-19(7-13)14-9-27-30(2)10-14)29-21(22(31)28-12)16-4-3-15(24)8-17(16)26/h3-4,8-11,13,19H,5-7H2,1-2H3. The molecule has 0 saturated carbocycles. The highest BCUT2D eigenvalue weighted by atomic mass is 35.5. The van der Waals surface area contributed by atoms with Crippen molar-refractivity contribution in [3.8, 4) is 11.3 Å². The molecule has 0 aliphatic carbocycles. The maximum Gasteiger partial charge on any atom is 0.277 e. The summed E-state index contributed by atoms with van der Waals surface area (Å²) in [6.07, 6.45) is 6.57. The maximum atomic E-state index is 14.9. The van der Waals surface area contributed by atoms with Crippen molar-refractivity contribution < 1.29 is 9.13 Å². The first kappa shape index (κ1) is 22.0. The molecule has 0 N–H and O–H groups in total. The van der Waals surface area contributed by atoms with Crippen molar-refractivity contribution in [1.82, 2.24) is 24.1 Å². The molecule has 7 nitrogen and oxygen atoms in total. The van der Waals surface area contributed by atoms with E-state index in [2.05, 4.69) is 10.1 Å². The molecular weight excluding hydrogens is 468 g/mol. The molecule has 0 radical (unpaired) electrons. The number of hydrogen-bond donors (Lipinski definition) is 0. The molecule has 3 aromatic heterocycles. The van der Waals surface area contributed by atoms with E-state index in [-0.39, 0.29) is 39.0 Å². The fourth-order valence-corrected chi connectivity index (χ4v) is 4.50. The van der Waals surface area contributed by atoms with Crippen LogP contribution >= 0.6 is 23.2 Å². The number of hydrogen-bond acceptors (Lipinski definition) is 5. The lowest BCUT2D eigenvalue weighted by atomic mass is 9.90. The van der Waals surface area contributed by atoms with Gasteiger partial charge in [0.25, 0.3) is 5.56 Å². The van der Waals surface area contributed by atoms with E-state index in [0.29, 0.717) is 30.8 Å². The number of aromatic nitrogens is 5. The van der Waals surface area contributed by atoms with E-state index in [1.807, 2.05) is 13.2 Å². The summed E-state index contributed by atoms with van der Waals surface area (Å²) in [6.45, 7) is 2.16. The first-order valence-electron chi connectivity index (χ1n) is 10.5. The third-order valence-corrected chi connectivity index (χ3v) is 6.60. The molecule has 10 heteroatoms. The zero-order chi connectivity index (χ0) is 23.3. The van der Waals surface area contributed by atoms with Crippen LogP contribution in [0.1, 0.15) is 41.8 Å². The van der Waals surface area contributed by atoms with Crippen molar-refractivity contribution in [3.63, 3.8) is 0 Å². The molecule has 0 bridgehead atoms. The fraction of sp³-hybridized carbons (Fsp3) is 0.304. The third kappa shape index (κ3) is 4.03. The van der Waals surface area contributed by atoms with E-state index in [1.165, 1.54) is 10.5 Å². The van der Waals surface area contributed by atoms with Crippen molar-refractivity contribution in [2.75, 3.05) is 6.61 Å². The van der Waals surface area contributed by atoms with Gasteiger partial charge in [-0.05, 0) is 38.0 Å². The Labute approximate surface area is 198 Å². The van der Waals surface area contributed by atoms with Crippen LogP contribution in [-0.4, -0.2) is 30.8 Å². The van der Waals surface area contributed by atoms with Crippen LogP contribution in [0.25, 0.3) is 16.9 Å². The van der Waals surface area contributed by atoms with Gasteiger partial charge >= 0.3 is 0 Å². The van der Waals surface area contributed by atoms with Gasteiger partial charge in [0.05, 0.1) is 23.7 Å². The Morgan fingerprint density at radius 3 is 2.76 bits per heavy atom. The smallest absolute Gasteiger partial charge is 0.277 e. The quantitative estimate of drug-likeness (QED) is 0.411. The van der Waals surface area contributed by atoms with Crippen LogP contribution in [-0.2, 0) is 11.8 Å². The van der Waals surface area contributed by atoms with Crippen molar-refractivity contribution in [2.45, 2.75) is 31.8 Å². The molecular formula is C23H20Cl2FN5O2. The van der Waals surface area contributed by atoms with E-state index >= 15 is 0 Å². The highest BCUT2D eigenvalue weighted by molar-refractivity contribution is 6.31. The molecule has 33 heavy (non-hydrogen) atoms. The van der Waals surface area contributed by atoms with Gasteiger partial charge in [-0.1, -0.05) is 23.2 Å². The Hall–Kier alpha value is -2.81. The Balaban J connectivity index is 1.67. The molecule has 4 aromatic rings. The van der Waals surface area contributed by atoms with Gasteiger partial charge in [0, 0.05) is 48.1 Å². The van der Waals surface area contributed by atoms with Gasteiger partial charge < -0.3 is 4.74 Å². The predicted molar refractivity (Wildman–Crippen MR) is 123 cm³/mol. The lowest BCUT2D eigenvalue weighted by Crippen LogP contribution is -2.23. The number of halogens is 3. The average Bonchev–Trinajstić information content (AvgIpc) is 3.24. The molecule has 1 saturated heterocycles. The Morgan fingerprint density at radius 2 is 2.03 bits per heavy atom. The molecule has 2 atom stereocenters. The maximum absolute atomic E-state index is 14.9. The van der Waals surface area contributed by atoms with Gasteiger partial charge in [0.15, 0.2) is 5.65 Å². The van der Waals surface area contributed by atoms with Crippen LogP contribution in [0, 0.1) is 12.7 Å². The van der Waals surface area contributed by atoms with Crippen LogP contribution in [0.15, 0.2) is 41.6 Å². The van der Waals surface area contributed by atoms with Crippen molar-refractivity contribution >= 4 is 28.8 Å². The van der Waals surface area contributed by atoms with Gasteiger partial charge in [-0.25, -0.2) is 14.4 Å².